The van der Waals surface area contributed by atoms with Gasteiger partial charge < -0.3 is 0 Å². The van der Waals surface area contributed by atoms with E-state index < -0.39 is 41.6 Å². The maximum Gasteiger partial charge on any atom is 0.416 e. The second kappa shape index (κ2) is 7.49. The average molecular weight is 438 g/mol. The molecule has 2 aliphatic rings. The molecule has 2 heterocycles. The van der Waals surface area contributed by atoms with Crippen molar-refractivity contribution in [1.82, 2.24) is 0 Å². The number of benzene rings is 3. The lowest BCUT2D eigenvalue weighted by atomic mass is 9.90. The summed E-state index contributed by atoms with van der Waals surface area (Å²) in [5, 5.41) is 1.57. The first kappa shape index (κ1) is 20.3. The highest BCUT2D eigenvalue weighted by atomic mass is 19.4. The van der Waals surface area contributed by atoms with E-state index in [9.17, 15) is 22.8 Å². The Morgan fingerprint density at radius 3 is 1.91 bits per heavy atom. The minimum atomic E-state index is -4.51. The molecule has 0 radical (unpaired) electrons. The number of fused-ring (bicyclic) bond motifs is 1. The molecule has 0 aliphatic carbocycles. The number of para-hydroxylation sites is 1. The number of carbonyl (C=O) groups excluding carboxylic acids is 2. The summed E-state index contributed by atoms with van der Waals surface area (Å²) in [5.74, 6) is -1.95. The van der Waals surface area contributed by atoms with Crippen LogP contribution in [0.5, 0.6) is 0 Å². The molecule has 162 valence electrons. The molecule has 3 aromatic carbocycles. The van der Waals surface area contributed by atoms with Gasteiger partial charge in [0.15, 0.2) is 6.10 Å². The number of hydrogen-bond acceptors (Lipinski definition) is 4. The largest absolute Gasteiger partial charge is 0.416 e. The van der Waals surface area contributed by atoms with Crippen molar-refractivity contribution in [2.24, 2.45) is 5.92 Å². The Morgan fingerprint density at radius 2 is 1.31 bits per heavy atom. The zero-order valence-corrected chi connectivity index (χ0v) is 16.6. The monoisotopic (exact) mass is 438 g/mol. The Morgan fingerprint density at radius 1 is 0.719 bits per heavy atom. The van der Waals surface area contributed by atoms with Gasteiger partial charge in [0.2, 0.25) is 5.91 Å². The van der Waals surface area contributed by atoms with Gasteiger partial charge in [-0.15, -0.1) is 0 Å². The highest BCUT2D eigenvalue weighted by Crippen LogP contribution is 2.47. The quantitative estimate of drug-likeness (QED) is 0.554. The van der Waals surface area contributed by atoms with Gasteiger partial charge in [-0.3, -0.25) is 14.4 Å². The first-order valence-electron chi connectivity index (χ1n) is 9.97. The number of nitrogens with zero attached hydrogens (tertiary/aromatic N) is 2. The van der Waals surface area contributed by atoms with E-state index in [2.05, 4.69) is 0 Å². The molecule has 2 aliphatic heterocycles. The molecule has 5 rings (SSSR count). The summed E-state index contributed by atoms with van der Waals surface area (Å²) in [6, 6.07) is 21.8. The van der Waals surface area contributed by atoms with Crippen molar-refractivity contribution in [3.8, 4) is 0 Å². The van der Waals surface area contributed by atoms with Crippen LogP contribution < -0.4 is 9.96 Å². The number of imide groups is 1. The van der Waals surface area contributed by atoms with Gasteiger partial charge in [-0.05, 0) is 42.0 Å². The number of amides is 2. The summed E-state index contributed by atoms with van der Waals surface area (Å²) in [5.41, 5.74) is 0.718. The number of rotatable bonds is 3. The molecule has 2 saturated heterocycles. The zero-order valence-electron chi connectivity index (χ0n) is 16.6. The fraction of sp³-hybridized carbons (Fsp3) is 0.167. The standard InChI is InChI=1S/C24H17F3N2O3/c25-24(26,27)16-11-13-17(14-12-16)28-22(30)19-20(15-7-3-1-4-8-15)29(32-21(19)23(28)31)18-9-5-2-6-10-18/h1-14,19-21H/t19-,20+,21+/m1/s1. The number of alkyl halides is 3. The third-order valence-corrected chi connectivity index (χ3v) is 5.72. The first-order chi connectivity index (χ1) is 15.4. The molecular weight excluding hydrogens is 421 g/mol. The van der Waals surface area contributed by atoms with E-state index in [-0.39, 0.29) is 5.69 Å². The fourth-order valence-electron chi connectivity index (χ4n) is 4.26. The predicted molar refractivity (Wildman–Crippen MR) is 110 cm³/mol. The van der Waals surface area contributed by atoms with Crippen LogP contribution in [0.2, 0.25) is 0 Å². The van der Waals surface area contributed by atoms with E-state index in [1.165, 1.54) is 0 Å². The Hall–Kier alpha value is -3.65. The summed E-state index contributed by atoms with van der Waals surface area (Å²) < 4.78 is 38.7. The molecule has 32 heavy (non-hydrogen) atoms. The molecule has 3 atom stereocenters. The lowest BCUT2D eigenvalue weighted by Gasteiger charge is -2.28. The molecule has 5 nitrogen and oxygen atoms in total. The minimum absolute atomic E-state index is 0.0871. The van der Waals surface area contributed by atoms with Gasteiger partial charge in [0, 0.05) is 0 Å². The van der Waals surface area contributed by atoms with Crippen LogP contribution in [0.3, 0.4) is 0 Å². The molecular formula is C24H17F3N2O3. The highest BCUT2D eigenvalue weighted by molar-refractivity contribution is 6.23. The first-order valence-corrected chi connectivity index (χ1v) is 9.97. The zero-order chi connectivity index (χ0) is 22.5. The molecule has 2 fully saturated rings. The number of halogens is 3. The number of hydroxylamine groups is 1. The van der Waals surface area contributed by atoms with Crippen molar-refractivity contribution in [1.29, 1.82) is 0 Å². The molecule has 3 aromatic rings. The van der Waals surface area contributed by atoms with Gasteiger partial charge in [-0.25, -0.2) is 9.96 Å². The van der Waals surface area contributed by atoms with Crippen molar-refractivity contribution in [3.05, 3.63) is 96.1 Å². The Bertz CT molecular complexity index is 1150. The van der Waals surface area contributed by atoms with Crippen LogP contribution in [-0.2, 0) is 20.6 Å². The lowest BCUT2D eigenvalue weighted by molar-refractivity contribution is -0.137. The van der Waals surface area contributed by atoms with Crippen LogP contribution in [0, 0.1) is 5.92 Å². The van der Waals surface area contributed by atoms with Crippen molar-refractivity contribution in [2.45, 2.75) is 18.3 Å². The Balaban J connectivity index is 1.53. The molecule has 0 N–H and O–H groups in total. The third kappa shape index (κ3) is 3.23. The molecule has 0 bridgehead atoms. The van der Waals surface area contributed by atoms with Crippen LogP contribution >= 0.6 is 0 Å². The van der Waals surface area contributed by atoms with E-state index >= 15 is 0 Å². The highest BCUT2D eigenvalue weighted by Gasteiger charge is 2.60. The summed E-state index contributed by atoms with van der Waals surface area (Å²) in [4.78, 5) is 33.5. The topological polar surface area (TPSA) is 49.9 Å². The van der Waals surface area contributed by atoms with Gasteiger partial charge in [0.25, 0.3) is 5.91 Å². The summed E-state index contributed by atoms with van der Waals surface area (Å²) in [7, 11) is 0. The van der Waals surface area contributed by atoms with E-state index in [0.717, 1.165) is 34.7 Å². The smallest absolute Gasteiger partial charge is 0.273 e. The number of carbonyl (C=O) groups is 2. The Labute approximate surface area is 181 Å². The number of hydrogen-bond donors (Lipinski definition) is 0. The van der Waals surface area contributed by atoms with Gasteiger partial charge in [0.1, 0.15) is 5.92 Å². The van der Waals surface area contributed by atoms with Crippen molar-refractivity contribution < 1.29 is 27.6 Å². The van der Waals surface area contributed by atoms with E-state index in [4.69, 9.17) is 4.84 Å². The fourth-order valence-corrected chi connectivity index (χ4v) is 4.26. The minimum Gasteiger partial charge on any atom is -0.273 e. The van der Waals surface area contributed by atoms with Gasteiger partial charge in [0.05, 0.1) is 23.0 Å². The molecule has 0 spiro atoms. The Kier molecular flexibility index (Phi) is 4.74. The maximum absolute atomic E-state index is 13.4. The average Bonchev–Trinajstić information content (AvgIpc) is 3.31. The van der Waals surface area contributed by atoms with Crippen molar-refractivity contribution in [2.75, 3.05) is 9.96 Å². The lowest BCUT2D eigenvalue weighted by Crippen LogP contribution is -2.37. The van der Waals surface area contributed by atoms with Crippen molar-refractivity contribution in [3.63, 3.8) is 0 Å². The molecule has 0 unspecified atom stereocenters. The van der Waals surface area contributed by atoms with E-state index in [0.29, 0.717) is 5.69 Å². The number of anilines is 2. The van der Waals surface area contributed by atoms with Crippen molar-refractivity contribution >= 4 is 23.2 Å². The summed E-state index contributed by atoms with van der Waals surface area (Å²) >= 11 is 0. The maximum atomic E-state index is 13.4. The van der Waals surface area contributed by atoms with Crippen LogP contribution in [0.15, 0.2) is 84.9 Å². The second-order valence-electron chi connectivity index (χ2n) is 7.63. The second-order valence-corrected chi connectivity index (χ2v) is 7.63. The van der Waals surface area contributed by atoms with E-state index in [1.54, 1.807) is 5.06 Å². The van der Waals surface area contributed by atoms with Crippen LogP contribution in [-0.4, -0.2) is 17.9 Å². The summed E-state index contributed by atoms with van der Waals surface area (Å²) in [6.45, 7) is 0. The molecule has 0 aromatic heterocycles. The molecule has 2 amide bonds. The molecule has 0 saturated carbocycles. The van der Waals surface area contributed by atoms with Gasteiger partial charge in [-0.1, -0.05) is 48.5 Å². The van der Waals surface area contributed by atoms with Crippen LogP contribution in [0.25, 0.3) is 0 Å². The summed E-state index contributed by atoms with van der Waals surface area (Å²) in [6.07, 6.45) is -5.58. The van der Waals surface area contributed by atoms with E-state index in [1.807, 2.05) is 60.7 Å². The van der Waals surface area contributed by atoms with Crippen LogP contribution in [0.1, 0.15) is 17.2 Å². The van der Waals surface area contributed by atoms with Gasteiger partial charge >= 0.3 is 6.18 Å². The SMILES string of the molecule is O=C1[C@H]2[C@H](ON(c3ccccc3)[C@H]2c2ccccc2)C(=O)N1c1ccc(C(F)(F)F)cc1. The van der Waals surface area contributed by atoms with Gasteiger partial charge in [-0.2, -0.15) is 13.2 Å². The molecule has 8 heteroatoms. The normalized spacial score (nSPS) is 23.0. The predicted octanol–water partition coefficient (Wildman–Crippen LogP) is 4.76. The van der Waals surface area contributed by atoms with Crippen LogP contribution in [0.4, 0.5) is 24.5 Å². The third-order valence-electron chi connectivity index (χ3n) is 5.72.